The molecule has 5 heteroatoms. The molecule has 98 valence electrons. The molecule has 0 spiro atoms. The first kappa shape index (κ1) is 14.2. The summed E-state index contributed by atoms with van der Waals surface area (Å²) in [5.41, 5.74) is -1.07. The van der Waals surface area contributed by atoms with Crippen molar-refractivity contribution in [3.05, 3.63) is 38.7 Å². The van der Waals surface area contributed by atoms with Gasteiger partial charge in [0.1, 0.15) is 0 Å². The minimum Gasteiger partial charge on any atom is -0.295 e. The Morgan fingerprint density at radius 1 is 1.39 bits per heavy atom. The van der Waals surface area contributed by atoms with Gasteiger partial charge in [-0.1, -0.05) is 6.92 Å². The molecule has 0 atom stereocenters. The van der Waals surface area contributed by atoms with Gasteiger partial charge in [0.15, 0.2) is 5.78 Å². The van der Waals surface area contributed by atoms with E-state index in [1.165, 1.54) is 22.9 Å². The number of H-pyrrole nitrogens is 1. The Bertz CT molecular complexity index is 585. The van der Waals surface area contributed by atoms with E-state index in [1.54, 1.807) is 6.92 Å². The molecule has 1 aromatic rings. The van der Waals surface area contributed by atoms with Crippen LogP contribution in [0.2, 0.25) is 0 Å². The lowest BCUT2D eigenvalue weighted by Gasteiger charge is -2.21. The molecule has 0 aromatic carbocycles. The number of hydrogen-bond acceptors (Lipinski definition) is 3. The van der Waals surface area contributed by atoms with Crippen molar-refractivity contribution in [1.29, 1.82) is 0 Å². The predicted molar refractivity (Wildman–Crippen MR) is 70.7 cm³/mol. The van der Waals surface area contributed by atoms with E-state index < -0.39 is 16.8 Å². The number of aromatic nitrogens is 2. The molecule has 0 radical (unpaired) electrons. The fourth-order valence-corrected chi connectivity index (χ4v) is 1.40. The van der Waals surface area contributed by atoms with Crippen LogP contribution in [0.15, 0.2) is 21.9 Å². The largest absolute Gasteiger partial charge is 0.328 e. The zero-order chi connectivity index (χ0) is 13.9. The molecule has 0 saturated heterocycles. The van der Waals surface area contributed by atoms with Gasteiger partial charge in [-0.3, -0.25) is 19.1 Å². The number of hydrogen-bond donors (Lipinski definition) is 1. The molecule has 1 N–H and O–H groups in total. The number of carbonyl (C=O) groups is 1. The number of ketones is 1. The lowest BCUT2D eigenvalue weighted by atomic mass is 10.1. The van der Waals surface area contributed by atoms with Gasteiger partial charge in [-0.15, -0.1) is 0 Å². The average Bonchev–Trinajstić information content (AvgIpc) is 2.25. The molecule has 1 heterocycles. The van der Waals surface area contributed by atoms with Gasteiger partial charge >= 0.3 is 5.69 Å². The van der Waals surface area contributed by atoms with Gasteiger partial charge in [0.2, 0.25) is 0 Å². The van der Waals surface area contributed by atoms with Crippen molar-refractivity contribution in [2.75, 3.05) is 0 Å². The van der Waals surface area contributed by atoms with E-state index >= 15 is 0 Å². The van der Waals surface area contributed by atoms with Crippen molar-refractivity contribution < 1.29 is 4.79 Å². The van der Waals surface area contributed by atoms with Crippen LogP contribution in [0, 0.1) is 0 Å². The smallest absolute Gasteiger partial charge is 0.295 e. The molecule has 0 saturated carbocycles. The van der Waals surface area contributed by atoms with E-state index in [1.807, 2.05) is 20.8 Å². The Hall–Kier alpha value is -1.91. The molecular weight excluding hydrogens is 232 g/mol. The van der Waals surface area contributed by atoms with E-state index in [2.05, 4.69) is 4.98 Å². The summed E-state index contributed by atoms with van der Waals surface area (Å²) in [6, 6.07) is 0. The minimum atomic E-state index is -0.486. The van der Waals surface area contributed by atoms with E-state index in [0.29, 0.717) is 12.0 Å². The number of nitrogens with zero attached hydrogens (tertiary/aromatic N) is 1. The summed E-state index contributed by atoms with van der Waals surface area (Å²) < 4.78 is 1.44. The summed E-state index contributed by atoms with van der Waals surface area (Å²) in [5.74, 6) is -0.0668. The van der Waals surface area contributed by atoms with Crippen molar-refractivity contribution >= 4 is 11.9 Å². The van der Waals surface area contributed by atoms with Crippen LogP contribution < -0.4 is 11.2 Å². The molecule has 0 aliphatic carbocycles. The van der Waals surface area contributed by atoms with Gasteiger partial charge in [-0.05, 0) is 32.9 Å². The van der Waals surface area contributed by atoms with Crippen LogP contribution in [0.5, 0.6) is 0 Å². The van der Waals surface area contributed by atoms with Crippen LogP contribution in [-0.4, -0.2) is 15.3 Å². The van der Waals surface area contributed by atoms with Crippen LogP contribution in [0.1, 0.15) is 39.7 Å². The zero-order valence-corrected chi connectivity index (χ0v) is 11.1. The van der Waals surface area contributed by atoms with Crippen LogP contribution in [0.4, 0.5) is 0 Å². The standard InChI is InChI=1S/C13H18N2O3/c1-5-10(16)7-6-9-8-15(13(2,3)4)12(18)14-11(9)17/h6-8H,5H2,1-4H3,(H,14,17,18)/b7-6+. The highest BCUT2D eigenvalue weighted by Crippen LogP contribution is 2.10. The third-order valence-corrected chi connectivity index (χ3v) is 2.49. The van der Waals surface area contributed by atoms with Gasteiger partial charge < -0.3 is 0 Å². The van der Waals surface area contributed by atoms with Crippen molar-refractivity contribution in [2.45, 2.75) is 39.7 Å². The molecular formula is C13H18N2O3. The second kappa shape index (κ2) is 5.16. The lowest BCUT2D eigenvalue weighted by Crippen LogP contribution is -2.39. The fraction of sp³-hybridized carbons (Fsp3) is 0.462. The summed E-state index contributed by atoms with van der Waals surface area (Å²) >= 11 is 0. The number of rotatable bonds is 3. The quantitative estimate of drug-likeness (QED) is 0.821. The van der Waals surface area contributed by atoms with Crippen LogP contribution in [0.25, 0.3) is 6.08 Å². The summed E-state index contributed by atoms with van der Waals surface area (Å²) in [7, 11) is 0. The summed E-state index contributed by atoms with van der Waals surface area (Å²) in [6.07, 6.45) is 4.64. The van der Waals surface area contributed by atoms with Crippen molar-refractivity contribution in [3.63, 3.8) is 0 Å². The first-order valence-electron chi connectivity index (χ1n) is 5.83. The maximum atomic E-state index is 11.6. The average molecular weight is 250 g/mol. The van der Waals surface area contributed by atoms with E-state index in [9.17, 15) is 14.4 Å². The first-order valence-corrected chi connectivity index (χ1v) is 5.83. The van der Waals surface area contributed by atoms with Crippen molar-refractivity contribution in [2.24, 2.45) is 0 Å². The summed E-state index contributed by atoms with van der Waals surface area (Å²) in [4.78, 5) is 36.7. The van der Waals surface area contributed by atoms with Crippen LogP contribution >= 0.6 is 0 Å². The third-order valence-electron chi connectivity index (χ3n) is 2.49. The number of carbonyl (C=O) groups excluding carboxylic acids is 1. The molecule has 0 amide bonds. The van der Waals surface area contributed by atoms with E-state index in [0.717, 1.165) is 0 Å². The lowest BCUT2D eigenvalue weighted by molar-refractivity contribution is -0.114. The molecule has 0 aliphatic rings. The molecule has 5 nitrogen and oxygen atoms in total. The Morgan fingerprint density at radius 3 is 2.50 bits per heavy atom. The van der Waals surface area contributed by atoms with Crippen molar-refractivity contribution in [1.82, 2.24) is 9.55 Å². The molecule has 1 rings (SSSR count). The zero-order valence-electron chi connectivity index (χ0n) is 11.1. The Balaban J connectivity index is 3.31. The SMILES string of the molecule is CCC(=O)/C=C/c1cn(C(C)(C)C)c(=O)[nH]c1=O. The molecule has 1 aromatic heterocycles. The van der Waals surface area contributed by atoms with Crippen LogP contribution in [0.3, 0.4) is 0 Å². The highest BCUT2D eigenvalue weighted by atomic mass is 16.2. The highest BCUT2D eigenvalue weighted by Gasteiger charge is 2.15. The Kier molecular flexibility index (Phi) is 4.06. The highest BCUT2D eigenvalue weighted by molar-refractivity contribution is 5.93. The van der Waals surface area contributed by atoms with E-state index in [4.69, 9.17) is 0 Å². The number of nitrogens with one attached hydrogen (secondary N) is 1. The Morgan fingerprint density at radius 2 is 2.00 bits per heavy atom. The second-order valence-corrected chi connectivity index (χ2v) is 5.04. The second-order valence-electron chi connectivity index (χ2n) is 5.04. The molecule has 0 aliphatic heterocycles. The monoisotopic (exact) mass is 250 g/mol. The molecule has 18 heavy (non-hydrogen) atoms. The van der Waals surface area contributed by atoms with Gasteiger partial charge in [-0.25, -0.2) is 4.79 Å². The van der Waals surface area contributed by atoms with E-state index in [-0.39, 0.29) is 5.78 Å². The van der Waals surface area contributed by atoms with Crippen molar-refractivity contribution in [3.8, 4) is 0 Å². The van der Waals surface area contributed by atoms with Gasteiger partial charge in [-0.2, -0.15) is 0 Å². The fourth-order valence-electron chi connectivity index (χ4n) is 1.40. The maximum absolute atomic E-state index is 11.6. The molecule has 0 bridgehead atoms. The predicted octanol–water partition coefficient (Wildman–Crippen LogP) is 1.28. The molecule has 0 unspecified atom stereocenters. The summed E-state index contributed by atoms with van der Waals surface area (Å²) in [5, 5.41) is 0. The van der Waals surface area contributed by atoms with Gasteiger partial charge in [0.25, 0.3) is 5.56 Å². The minimum absolute atomic E-state index is 0.0668. The maximum Gasteiger partial charge on any atom is 0.328 e. The number of aromatic amines is 1. The topological polar surface area (TPSA) is 71.9 Å². The van der Waals surface area contributed by atoms with Gasteiger partial charge in [0.05, 0.1) is 5.56 Å². The third kappa shape index (κ3) is 3.29. The summed E-state index contributed by atoms with van der Waals surface area (Å²) in [6.45, 7) is 7.32. The van der Waals surface area contributed by atoms with Crippen LogP contribution in [-0.2, 0) is 10.3 Å². The molecule has 0 fully saturated rings. The number of allylic oxidation sites excluding steroid dienone is 1. The normalized spacial score (nSPS) is 12.0. The Labute approximate surface area is 105 Å². The first-order chi connectivity index (χ1) is 8.25. The van der Waals surface area contributed by atoms with Gasteiger partial charge in [0, 0.05) is 18.2 Å².